The summed E-state index contributed by atoms with van der Waals surface area (Å²) in [5.41, 5.74) is 1.21. The molecular weight excluding hydrogens is 326 g/mol. The van der Waals surface area contributed by atoms with Gasteiger partial charge in [0, 0.05) is 19.0 Å². The molecule has 1 unspecified atom stereocenters. The van der Waals surface area contributed by atoms with Crippen molar-refractivity contribution in [2.24, 2.45) is 0 Å². The second-order valence-electron chi connectivity index (χ2n) is 5.50. The molecule has 2 aromatic rings. The zero-order valence-electron chi connectivity index (χ0n) is 13.6. The molecule has 0 amide bonds. The minimum Gasteiger partial charge on any atom is -0.504 e. The Morgan fingerprint density at radius 1 is 1.12 bits per heavy atom. The van der Waals surface area contributed by atoms with E-state index in [2.05, 4.69) is 5.32 Å². The van der Waals surface area contributed by atoms with Gasteiger partial charge in [-0.15, -0.1) is 0 Å². The number of rotatable bonds is 7. The molecular formula is C18H19NO6. The number of aromatic hydroxyl groups is 2. The highest BCUT2D eigenvalue weighted by Crippen LogP contribution is 2.25. The van der Waals surface area contributed by atoms with E-state index in [1.807, 2.05) is 0 Å². The van der Waals surface area contributed by atoms with Crippen LogP contribution in [0.2, 0.25) is 0 Å². The van der Waals surface area contributed by atoms with Crippen molar-refractivity contribution in [1.82, 2.24) is 5.32 Å². The molecule has 2 rings (SSSR count). The van der Waals surface area contributed by atoms with E-state index in [1.165, 1.54) is 19.1 Å². The van der Waals surface area contributed by atoms with Gasteiger partial charge in [-0.3, -0.25) is 14.9 Å². The van der Waals surface area contributed by atoms with E-state index < -0.39 is 18.0 Å². The first-order valence-electron chi connectivity index (χ1n) is 7.60. The molecule has 0 bridgehead atoms. The maximum atomic E-state index is 11.5. The van der Waals surface area contributed by atoms with E-state index in [4.69, 9.17) is 4.74 Å². The zero-order chi connectivity index (χ0) is 18.4. The van der Waals surface area contributed by atoms with E-state index >= 15 is 0 Å². The SMILES string of the molecule is CC(=O)Oc1ccccc1CNC(Cc1ccc(O)c(O)c1)C(=O)O. The number of phenolic OH excluding ortho intramolecular Hbond substituents is 2. The minimum atomic E-state index is -1.06. The lowest BCUT2D eigenvalue weighted by Gasteiger charge is -2.16. The molecule has 0 spiro atoms. The zero-order valence-corrected chi connectivity index (χ0v) is 13.6. The number of ether oxygens (including phenoxy) is 1. The molecule has 1 atom stereocenters. The second kappa shape index (κ2) is 8.16. The van der Waals surface area contributed by atoms with Crippen LogP contribution in [0.25, 0.3) is 0 Å². The van der Waals surface area contributed by atoms with Gasteiger partial charge in [-0.05, 0) is 30.2 Å². The number of nitrogens with one attached hydrogen (secondary N) is 1. The van der Waals surface area contributed by atoms with Crippen LogP contribution in [0.15, 0.2) is 42.5 Å². The van der Waals surface area contributed by atoms with Gasteiger partial charge in [0.05, 0.1) is 0 Å². The Morgan fingerprint density at radius 3 is 2.48 bits per heavy atom. The largest absolute Gasteiger partial charge is 0.504 e. The van der Waals surface area contributed by atoms with Gasteiger partial charge >= 0.3 is 11.9 Å². The molecule has 0 saturated heterocycles. The van der Waals surface area contributed by atoms with Crippen molar-refractivity contribution in [3.63, 3.8) is 0 Å². The van der Waals surface area contributed by atoms with Crippen molar-refractivity contribution in [3.05, 3.63) is 53.6 Å². The van der Waals surface area contributed by atoms with Crippen molar-refractivity contribution in [2.75, 3.05) is 0 Å². The molecule has 0 aliphatic heterocycles. The van der Waals surface area contributed by atoms with E-state index in [-0.39, 0.29) is 24.5 Å². The molecule has 7 nitrogen and oxygen atoms in total. The highest BCUT2D eigenvalue weighted by atomic mass is 16.5. The first kappa shape index (κ1) is 18.3. The first-order valence-corrected chi connectivity index (χ1v) is 7.60. The van der Waals surface area contributed by atoms with Crippen LogP contribution in [0.4, 0.5) is 0 Å². The average Bonchev–Trinajstić information content (AvgIpc) is 2.55. The minimum absolute atomic E-state index is 0.110. The predicted molar refractivity (Wildman–Crippen MR) is 89.5 cm³/mol. The molecule has 0 aliphatic carbocycles. The number of hydrogen-bond acceptors (Lipinski definition) is 6. The van der Waals surface area contributed by atoms with Gasteiger partial charge < -0.3 is 20.1 Å². The number of phenols is 2. The van der Waals surface area contributed by atoms with Gasteiger partial charge in [-0.1, -0.05) is 24.3 Å². The summed E-state index contributed by atoms with van der Waals surface area (Å²) in [6, 6.07) is 10.1. The standard InChI is InChI=1S/C18H19NO6/c1-11(20)25-17-5-3-2-4-13(17)10-19-14(18(23)24)8-12-6-7-15(21)16(22)9-12/h2-7,9,14,19,21-22H,8,10H2,1H3,(H,23,24). The fourth-order valence-corrected chi connectivity index (χ4v) is 2.32. The molecule has 25 heavy (non-hydrogen) atoms. The lowest BCUT2D eigenvalue weighted by molar-refractivity contribution is -0.139. The summed E-state index contributed by atoms with van der Waals surface area (Å²) >= 11 is 0. The maximum absolute atomic E-state index is 11.5. The Balaban J connectivity index is 2.08. The summed E-state index contributed by atoms with van der Waals surface area (Å²) < 4.78 is 5.10. The fraction of sp³-hybridized carbons (Fsp3) is 0.222. The smallest absolute Gasteiger partial charge is 0.321 e. The number of esters is 1. The molecule has 0 aromatic heterocycles. The van der Waals surface area contributed by atoms with Gasteiger partial charge in [0.15, 0.2) is 11.5 Å². The third kappa shape index (κ3) is 5.22. The highest BCUT2D eigenvalue weighted by Gasteiger charge is 2.19. The number of carboxylic acid groups (broad SMARTS) is 1. The summed E-state index contributed by atoms with van der Waals surface area (Å²) in [7, 11) is 0. The number of carboxylic acids is 1. The third-order valence-corrected chi connectivity index (χ3v) is 3.54. The van der Waals surface area contributed by atoms with Crippen LogP contribution in [-0.2, 0) is 22.6 Å². The number of carbonyl (C=O) groups is 2. The van der Waals surface area contributed by atoms with Crippen LogP contribution in [0.5, 0.6) is 17.2 Å². The fourth-order valence-electron chi connectivity index (χ4n) is 2.32. The summed E-state index contributed by atoms with van der Waals surface area (Å²) in [6.45, 7) is 1.48. The van der Waals surface area contributed by atoms with Crippen molar-refractivity contribution in [2.45, 2.75) is 25.9 Å². The summed E-state index contributed by atoms with van der Waals surface area (Å²) in [6.07, 6.45) is 0.110. The Bertz CT molecular complexity index is 774. The molecule has 2 aromatic carbocycles. The third-order valence-electron chi connectivity index (χ3n) is 3.54. The molecule has 0 saturated carbocycles. The van der Waals surface area contributed by atoms with Crippen molar-refractivity contribution >= 4 is 11.9 Å². The average molecular weight is 345 g/mol. The van der Waals surface area contributed by atoms with Crippen LogP contribution in [0.1, 0.15) is 18.1 Å². The van der Waals surface area contributed by atoms with Crippen LogP contribution in [0.3, 0.4) is 0 Å². The Labute approximate surface area is 144 Å². The number of para-hydroxylation sites is 1. The second-order valence-corrected chi connectivity index (χ2v) is 5.50. The maximum Gasteiger partial charge on any atom is 0.321 e. The number of carbonyl (C=O) groups excluding carboxylic acids is 1. The number of benzene rings is 2. The van der Waals surface area contributed by atoms with Crippen LogP contribution >= 0.6 is 0 Å². The molecule has 7 heteroatoms. The molecule has 0 fully saturated rings. The normalized spacial score (nSPS) is 11.7. The molecule has 0 aliphatic rings. The van der Waals surface area contributed by atoms with Crippen molar-refractivity contribution < 1.29 is 29.6 Å². The Hall–Kier alpha value is -3.06. The lowest BCUT2D eigenvalue weighted by Crippen LogP contribution is -2.38. The number of aliphatic carboxylic acids is 1. The predicted octanol–water partition coefficient (Wildman–Crippen LogP) is 1.81. The van der Waals surface area contributed by atoms with Gasteiger partial charge in [-0.2, -0.15) is 0 Å². The van der Waals surface area contributed by atoms with E-state index in [9.17, 15) is 24.9 Å². The van der Waals surface area contributed by atoms with Crippen LogP contribution in [0, 0.1) is 0 Å². The Kier molecular flexibility index (Phi) is 5.97. The summed E-state index contributed by atoms with van der Waals surface area (Å²) in [4.78, 5) is 22.6. The number of hydrogen-bond donors (Lipinski definition) is 4. The van der Waals surface area contributed by atoms with E-state index in [0.29, 0.717) is 16.9 Å². The van der Waals surface area contributed by atoms with Crippen molar-refractivity contribution in [3.8, 4) is 17.2 Å². The molecule has 0 heterocycles. The van der Waals surface area contributed by atoms with Gasteiger partial charge in [0.25, 0.3) is 0 Å². The van der Waals surface area contributed by atoms with Gasteiger partial charge in [0.2, 0.25) is 0 Å². The topological polar surface area (TPSA) is 116 Å². The quantitative estimate of drug-likeness (QED) is 0.343. The highest BCUT2D eigenvalue weighted by molar-refractivity contribution is 5.74. The molecule has 0 radical (unpaired) electrons. The first-order chi connectivity index (χ1) is 11.9. The molecule has 4 N–H and O–H groups in total. The van der Waals surface area contributed by atoms with Gasteiger partial charge in [0.1, 0.15) is 11.8 Å². The lowest BCUT2D eigenvalue weighted by atomic mass is 10.0. The summed E-state index contributed by atoms with van der Waals surface area (Å²) in [5.74, 6) is -1.71. The van der Waals surface area contributed by atoms with Gasteiger partial charge in [-0.25, -0.2) is 0 Å². The molecule has 132 valence electrons. The van der Waals surface area contributed by atoms with Crippen LogP contribution in [-0.4, -0.2) is 33.3 Å². The summed E-state index contributed by atoms with van der Waals surface area (Å²) in [5, 5.41) is 31.1. The van der Waals surface area contributed by atoms with E-state index in [0.717, 1.165) is 0 Å². The van der Waals surface area contributed by atoms with Crippen LogP contribution < -0.4 is 10.1 Å². The Morgan fingerprint density at radius 2 is 1.84 bits per heavy atom. The van der Waals surface area contributed by atoms with E-state index in [1.54, 1.807) is 30.3 Å². The van der Waals surface area contributed by atoms with Crippen molar-refractivity contribution in [1.29, 1.82) is 0 Å². The monoisotopic (exact) mass is 345 g/mol.